The van der Waals surface area contributed by atoms with Gasteiger partial charge in [0.25, 0.3) is 0 Å². The van der Waals surface area contributed by atoms with Gasteiger partial charge in [-0.1, -0.05) is 55.3 Å². The Bertz CT molecular complexity index is 532. The van der Waals surface area contributed by atoms with Gasteiger partial charge in [0, 0.05) is 0 Å². The molecule has 0 heteroatoms. The third kappa shape index (κ3) is 1.28. The Labute approximate surface area is 90.6 Å². The average Bonchev–Trinajstić information content (AvgIpc) is 2.34. The lowest BCUT2D eigenvalue weighted by Crippen LogP contribution is -2.39. The van der Waals surface area contributed by atoms with Gasteiger partial charge in [-0.25, -0.2) is 0 Å². The Morgan fingerprint density at radius 1 is 1.33 bits per heavy atom. The van der Waals surface area contributed by atoms with Gasteiger partial charge in [-0.3, -0.25) is 0 Å². The molecule has 2 aliphatic carbocycles. The van der Waals surface area contributed by atoms with E-state index in [0.29, 0.717) is 5.92 Å². The van der Waals surface area contributed by atoms with E-state index < -0.39 is 0 Å². The number of hydrogen-bond donors (Lipinski definition) is 0. The molecule has 0 saturated heterocycles. The van der Waals surface area contributed by atoms with Crippen LogP contribution in [0.2, 0.25) is 0 Å². The maximum atomic E-state index is 2.38. The Hall–Kier alpha value is -1.30. The van der Waals surface area contributed by atoms with Crippen molar-refractivity contribution in [1.29, 1.82) is 0 Å². The number of benzene rings is 1. The molecule has 76 valence electrons. The van der Waals surface area contributed by atoms with Crippen LogP contribution in [0, 0.1) is 5.92 Å². The van der Waals surface area contributed by atoms with Crippen molar-refractivity contribution >= 4 is 11.6 Å². The molecule has 2 aliphatic rings. The molecule has 1 aromatic rings. The Morgan fingerprint density at radius 2 is 2.27 bits per heavy atom. The summed E-state index contributed by atoms with van der Waals surface area (Å²) in [6.45, 7) is 2.27. The summed E-state index contributed by atoms with van der Waals surface area (Å²) in [5, 5.41) is 2.98. The third-order valence-electron chi connectivity index (χ3n) is 3.55. The van der Waals surface area contributed by atoms with Crippen LogP contribution in [0.4, 0.5) is 0 Å². The van der Waals surface area contributed by atoms with Gasteiger partial charge in [0.05, 0.1) is 0 Å². The summed E-state index contributed by atoms with van der Waals surface area (Å²) in [6, 6.07) is 6.68. The van der Waals surface area contributed by atoms with Crippen LogP contribution >= 0.6 is 0 Å². The summed E-state index contributed by atoms with van der Waals surface area (Å²) >= 11 is 0. The van der Waals surface area contributed by atoms with Crippen LogP contribution in [0.25, 0.3) is 11.6 Å². The van der Waals surface area contributed by atoms with E-state index in [-0.39, 0.29) is 0 Å². The van der Waals surface area contributed by atoms with Gasteiger partial charge >= 0.3 is 0 Å². The molecule has 0 aromatic heterocycles. The van der Waals surface area contributed by atoms with Crippen LogP contribution < -0.4 is 10.4 Å². The lowest BCUT2D eigenvalue weighted by Gasteiger charge is -2.24. The Morgan fingerprint density at radius 3 is 3.13 bits per heavy atom. The van der Waals surface area contributed by atoms with Crippen molar-refractivity contribution in [3.8, 4) is 0 Å². The predicted octanol–water partition coefficient (Wildman–Crippen LogP) is 2.16. The topological polar surface area (TPSA) is 0 Å². The van der Waals surface area contributed by atoms with Gasteiger partial charge in [-0.15, -0.1) is 0 Å². The summed E-state index contributed by atoms with van der Waals surface area (Å²) in [6.07, 6.45) is 10.7. The zero-order chi connectivity index (χ0) is 10.3. The van der Waals surface area contributed by atoms with Gasteiger partial charge in [0.1, 0.15) is 0 Å². The van der Waals surface area contributed by atoms with Crippen molar-refractivity contribution in [2.45, 2.75) is 26.2 Å². The van der Waals surface area contributed by atoms with E-state index in [4.69, 9.17) is 0 Å². The highest BCUT2D eigenvalue weighted by Gasteiger charge is 2.21. The maximum absolute atomic E-state index is 2.38. The minimum atomic E-state index is 0.697. The maximum Gasteiger partial charge on any atom is -0.000759 e. The molecule has 0 aliphatic heterocycles. The van der Waals surface area contributed by atoms with Crippen LogP contribution in [0.1, 0.15) is 25.3 Å². The predicted molar refractivity (Wildman–Crippen MR) is 64.8 cm³/mol. The molecular weight excluding hydrogens is 180 g/mol. The third-order valence-corrected chi connectivity index (χ3v) is 3.55. The van der Waals surface area contributed by atoms with Gasteiger partial charge < -0.3 is 0 Å². The lowest BCUT2D eigenvalue weighted by molar-refractivity contribution is 0.682. The molecule has 0 N–H and O–H groups in total. The van der Waals surface area contributed by atoms with E-state index in [0.717, 1.165) is 0 Å². The van der Waals surface area contributed by atoms with Crippen LogP contribution in [-0.2, 0) is 6.42 Å². The summed E-state index contributed by atoms with van der Waals surface area (Å²) in [5.74, 6) is 0.697. The van der Waals surface area contributed by atoms with Crippen LogP contribution in [-0.4, -0.2) is 0 Å². The molecule has 3 rings (SSSR count). The van der Waals surface area contributed by atoms with Crippen molar-refractivity contribution < 1.29 is 0 Å². The summed E-state index contributed by atoms with van der Waals surface area (Å²) in [4.78, 5) is 0. The monoisotopic (exact) mass is 196 g/mol. The van der Waals surface area contributed by atoms with Crippen molar-refractivity contribution in [1.82, 2.24) is 0 Å². The van der Waals surface area contributed by atoms with Crippen LogP contribution in [0.15, 0.2) is 30.4 Å². The Kier molecular flexibility index (Phi) is 2.02. The van der Waals surface area contributed by atoms with E-state index in [2.05, 4.69) is 43.4 Å². The molecule has 0 amide bonds. The molecule has 0 heterocycles. The second-order valence-corrected chi connectivity index (χ2v) is 4.53. The summed E-state index contributed by atoms with van der Waals surface area (Å²) in [7, 11) is 0. The molecular formula is C15H16. The first-order valence-electron chi connectivity index (χ1n) is 5.89. The SMILES string of the molecule is CCCC1C=CC=c2cccc3c2=C1C3. The minimum absolute atomic E-state index is 0.697. The molecule has 1 unspecified atom stereocenters. The standard InChI is InChI=1S/C15H16/c1-2-5-11-6-3-7-12-8-4-9-13-10-14(11)15(12)13/h3-4,6-9,11H,2,5,10H2,1H3. The Balaban J connectivity index is 2.22. The molecule has 0 nitrogen and oxygen atoms in total. The first-order valence-corrected chi connectivity index (χ1v) is 5.89. The van der Waals surface area contributed by atoms with Crippen molar-refractivity contribution in [2.24, 2.45) is 5.92 Å². The zero-order valence-corrected chi connectivity index (χ0v) is 9.16. The smallest absolute Gasteiger partial charge is 0.000759 e. The lowest BCUT2D eigenvalue weighted by atomic mass is 9.80. The molecule has 1 atom stereocenters. The molecule has 0 spiro atoms. The van der Waals surface area contributed by atoms with Crippen molar-refractivity contribution in [2.75, 3.05) is 0 Å². The molecule has 0 fully saturated rings. The highest BCUT2D eigenvalue weighted by Crippen LogP contribution is 2.27. The van der Waals surface area contributed by atoms with Gasteiger partial charge in [-0.2, -0.15) is 0 Å². The zero-order valence-electron chi connectivity index (χ0n) is 9.16. The van der Waals surface area contributed by atoms with Crippen LogP contribution in [0.3, 0.4) is 0 Å². The molecule has 0 saturated carbocycles. The number of rotatable bonds is 2. The second-order valence-electron chi connectivity index (χ2n) is 4.53. The highest BCUT2D eigenvalue weighted by atomic mass is 14.3. The van der Waals surface area contributed by atoms with E-state index in [1.54, 1.807) is 16.4 Å². The molecule has 15 heavy (non-hydrogen) atoms. The number of allylic oxidation sites excluding steroid dienone is 2. The minimum Gasteiger partial charge on any atom is -0.0773 e. The van der Waals surface area contributed by atoms with Gasteiger partial charge in [-0.05, 0) is 34.8 Å². The molecule has 0 bridgehead atoms. The summed E-state index contributed by atoms with van der Waals surface area (Å²) in [5.41, 5.74) is 3.22. The first kappa shape index (κ1) is 8.96. The highest BCUT2D eigenvalue weighted by molar-refractivity contribution is 5.66. The van der Waals surface area contributed by atoms with Gasteiger partial charge in [0.15, 0.2) is 0 Å². The van der Waals surface area contributed by atoms with Gasteiger partial charge in [0.2, 0.25) is 0 Å². The van der Waals surface area contributed by atoms with Crippen molar-refractivity contribution in [3.05, 3.63) is 46.4 Å². The second kappa shape index (κ2) is 3.37. The fourth-order valence-electron chi connectivity index (χ4n) is 2.79. The summed E-state index contributed by atoms with van der Waals surface area (Å²) < 4.78 is 0. The molecule has 1 aromatic carbocycles. The largest absolute Gasteiger partial charge is 0.0773 e. The van der Waals surface area contributed by atoms with Crippen molar-refractivity contribution in [3.63, 3.8) is 0 Å². The fraction of sp³-hybridized carbons (Fsp3) is 0.333. The average molecular weight is 196 g/mol. The van der Waals surface area contributed by atoms with E-state index >= 15 is 0 Å². The van der Waals surface area contributed by atoms with E-state index in [1.165, 1.54) is 24.5 Å². The van der Waals surface area contributed by atoms with Crippen LogP contribution in [0.5, 0.6) is 0 Å². The van der Waals surface area contributed by atoms with E-state index in [9.17, 15) is 0 Å². The quantitative estimate of drug-likeness (QED) is 0.680. The molecule has 0 radical (unpaired) electrons. The fourth-order valence-corrected chi connectivity index (χ4v) is 2.79. The van der Waals surface area contributed by atoms with E-state index in [1.807, 2.05) is 0 Å². The number of hydrogen-bond acceptors (Lipinski definition) is 0. The first-order chi connectivity index (χ1) is 7.40. The normalized spacial score (nSPS) is 21.4.